The van der Waals surface area contributed by atoms with Gasteiger partial charge < -0.3 is 5.32 Å². The van der Waals surface area contributed by atoms with Crippen LogP contribution in [0.3, 0.4) is 0 Å². The molecule has 1 atom stereocenters. The van der Waals surface area contributed by atoms with Crippen LogP contribution in [0.2, 0.25) is 0 Å². The summed E-state index contributed by atoms with van der Waals surface area (Å²) in [4.78, 5) is 0. The Morgan fingerprint density at radius 2 is 1.33 bits per heavy atom. The SMILES string of the molecule is CNC(C)c1c(C(F)(F)F)cccc1C(F)(F)F. The highest BCUT2D eigenvalue weighted by Crippen LogP contribution is 2.41. The van der Waals surface area contributed by atoms with E-state index >= 15 is 0 Å². The standard InChI is InChI=1S/C11H11F6N/c1-6(18-2)9-7(10(12,13)14)4-3-5-8(9)11(15,16)17/h3-6,18H,1-2H3. The molecule has 0 fully saturated rings. The quantitative estimate of drug-likeness (QED) is 0.801. The van der Waals surface area contributed by atoms with Crippen LogP contribution in [0.4, 0.5) is 26.3 Å². The molecule has 1 nitrogen and oxygen atoms in total. The van der Waals surface area contributed by atoms with Crippen molar-refractivity contribution >= 4 is 0 Å². The lowest BCUT2D eigenvalue weighted by atomic mass is 9.94. The molecule has 0 aliphatic heterocycles. The molecule has 0 amide bonds. The van der Waals surface area contributed by atoms with E-state index in [2.05, 4.69) is 5.32 Å². The summed E-state index contributed by atoms with van der Waals surface area (Å²) in [5.74, 6) is 0. The van der Waals surface area contributed by atoms with Crippen LogP contribution in [-0.2, 0) is 12.4 Å². The zero-order valence-corrected chi connectivity index (χ0v) is 9.58. The van der Waals surface area contributed by atoms with E-state index in [1.807, 2.05) is 0 Å². The molecule has 102 valence electrons. The lowest BCUT2D eigenvalue weighted by molar-refractivity contribution is -0.144. The van der Waals surface area contributed by atoms with Crippen molar-refractivity contribution in [1.29, 1.82) is 0 Å². The van der Waals surface area contributed by atoms with E-state index in [-0.39, 0.29) is 0 Å². The van der Waals surface area contributed by atoms with Gasteiger partial charge in [-0.05, 0) is 31.7 Å². The first-order chi connectivity index (χ1) is 8.09. The Morgan fingerprint density at radius 3 is 1.61 bits per heavy atom. The van der Waals surface area contributed by atoms with Gasteiger partial charge in [-0.2, -0.15) is 26.3 Å². The van der Waals surface area contributed by atoms with Crippen LogP contribution >= 0.6 is 0 Å². The minimum absolute atomic E-state index is 0.651. The second-order valence-corrected chi connectivity index (χ2v) is 3.77. The highest BCUT2D eigenvalue weighted by Gasteiger charge is 2.41. The van der Waals surface area contributed by atoms with Gasteiger partial charge in [-0.1, -0.05) is 6.07 Å². The predicted octanol–water partition coefficient (Wildman–Crippen LogP) is 4.00. The third kappa shape index (κ3) is 2.95. The maximum atomic E-state index is 12.7. The lowest BCUT2D eigenvalue weighted by Crippen LogP contribution is -2.23. The average Bonchev–Trinajstić information content (AvgIpc) is 2.24. The van der Waals surface area contributed by atoms with Gasteiger partial charge in [0.05, 0.1) is 11.1 Å². The Kier molecular flexibility index (Phi) is 3.95. The third-order valence-electron chi connectivity index (χ3n) is 2.58. The summed E-state index contributed by atoms with van der Waals surface area (Å²) in [7, 11) is 1.30. The van der Waals surface area contributed by atoms with Crippen LogP contribution in [0, 0.1) is 0 Å². The lowest BCUT2D eigenvalue weighted by Gasteiger charge is -2.22. The van der Waals surface area contributed by atoms with Crippen molar-refractivity contribution in [2.45, 2.75) is 25.3 Å². The van der Waals surface area contributed by atoms with Gasteiger partial charge in [0.2, 0.25) is 0 Å². The van der Waals surface area contributed by atoms with Crippen molar-refractivity contribution in [3.8, 4) is 0 Å². The molecule has 7 heteroatoms. The molecule has 0 radical (unpaired) electrons. The van der Waals surface area contributed by atoms with Gasteiger partial charge in [0.25, 0.3) is 0 Å². The zero-order chi connectivity index (χ0) is 14.1. The average molecular weight is 271 g/mol. The second-order valence-electron chi connectivity index (χ2n) is 3.77. The summed E-state index contributed by atoms with van der Waals surface area (Å²) < 4.78 is 76.3. The fourth-order valence-electron chi connectivity index (χ4n) is 1.67. The van der Waals surface area contributed by atoms with Crippen molar-refractivity contribution in [2.75, 3.05) is 7.05 Å². The fourth-order valence-corrected chi connectivity index (χ4v) is 1.67. The van der Waals surface area contributed by atoms with E-state index in [0.717, 1.165) is 6.07 Å². The topological polar surface area (TPSA) is 12.0 Å². The normalized spacial score (nSPS) is 14.7. The smallest absolute Gasteiger partial charge is 0.313 e. The minimum atomic E-state index is -4.82. The number of hydrogen-bond acceptors (Lipinski definition) is 1. The van der Waals surface area contributed by atoms with E-state index < -0.39 is 35.1 Å². The van der Waals surface area contributed by atoms with Crippen molar-refractivity contribution < 1.29 is 26.3 Å². The molecule has 0 saturated heterocycles. The maximum absolute atomic E-state index is 12.7. The summed E-state index contributed by atoms with van der Waals surface area (Å²) in [5, 5.41) is 2.41. The highest BCUT2D eigenvalue weighted by atomic mass is 19.4. The Labute approximate surface area is 99.8 Å². The van der Waals surface area contributed by atoms with Crippen LogP contribution in [0.15, 0.2) is 18.2 Å². The monoisotopic (exact) mass is 271 g/mol. The van der Waals surface area contributed by atoms with E-state index in [4.69, 9.17) is 0 Å². The Hall–Kier alpha value is -1.24. The van der Waals surface area contributed by atoms with Crippen LogP contribution < -0.4 is 5.32 Å². The summed E-state index contributed by atoms with van der Waals surface area (Å²) >= 11 is 0. The first-order valence-electron chi connectivity index (χ1n) is 5.03. The molecular weight excluding hydrogens is 260 g/mol. The molecule has 0 bridgehead atoms. The van der Waals surface area contributed by atoms with Crippen molar-refractivity contribution in [2.24, 2.45) is 0 Å². The predicted molar refractivity (Wildman–Crippen MR) is 53.9 cm³/mol. The summed E-state index contributed by atoms with van der Waals surface area (Å²) in [6, 6.07) is 1.01. The van der Waals surface area contributed by atoms with Gasteiger partial charge >= 0.3 is 12.4 Å². The largest absolute Gasteiger partial charge is 0.416 e. The van der Waals surface area contributed by atoms with Crippen LogP contribution in [0.25, 0.3) is 0 Å². The number of nitrogens with one attached hydrogen (secondary N) is 1. The molecule has 1 unspecified atom stereocenters. The van der Waals surface area contributed by atoms with E-state index in [1.165, 1.54) is 14.0 Å². The van der Waals surface area contributed by atoms with Gasteiger partial charge in [-0.15, -0.1) is 0 Å². The number of alkyl halides is 6. The number of benzene rings is 1. The van der Waals surface area contributed by atoms with Gasteiger partial charge in [-0.3, -0.25) is 0 Å². The molecule has 0 aliphatic rings. The molecule has 1 rings (SSSR count). The van der Waals surface area contributed by atoms with E-state index in [9.17, 15) is 26.3 Å². The number of halogens is 6. The van der Waals surface area contributed by atoms with Gasteiger partial charge in [0, 0.05) is 6.04 Å². The molecule has 0 spiro atoms. The molecule has 18 heavy (non-hydrogen) atoms. The van der Waals surface area contributed by atoms with Crippen LogP contribution in [-0.4, -0.2) is 7.05 Å². The summed E-state index contributed by atoms with van der Waals surface area (Å²) in [6.45, 7) is 1.25. The molecular formula is C11H11F6N. The second kappa shape index (κ2) is 4.79. The Balaban J connectivity index is 3.56. The molecule has 1 N–H and O–H groups in total. The summed E-state index contributed by atoms with van der Waals surface area (Å²) in [5.41, 5.74) is -3.31. The van der Waals surface area contributed by atoms with Crippen molar-refractivity contribution in [1.82, 2.24) is 5.32 Å². The van der Waals surface area contributed by atoms with Gasteiger partial charge in [0.1, 0.15) is 0 Å². The summed E-state index contributed by atoms with van der Waals surface area (Å²) in [6.07, 6.45) is -9.64. The van der Waals surface area contributed by atoms with Gasteiger partial charge in [-0.25, -0.2) is 0 Å². The molecule has 1 aromatic carbocycles. The molecule has 1 aromatic rings. The first kappa shape index (κ1) is 14.8. The highest BCUT2D eigenvalue weighted by molar-refractivity contribution is 5.41. The molecule has 0 aromatic heterocycles. The van der Waals surface area contributed by atoms with E-state index in [0.29, 0.717) is 12.1 Å². The minimum Gasteiger partial charge on any atom is -0.313 e. The molecule has 0 heterocycles. The molecule has 0 saturated carbocycles. The van der Waals surface area contributed by atoms with Crippen LogP contribution in [0.5, 0.6) is 0 Å². The van der Waals surface area contributed by atoms with Crippen molar-refractivity contribution in [3.05, 3.63) is 34.9 Å². The van der Waals surface area contributed by atoms with E-state index in [1.54, 1.807) is 0 Å². The Morgan fingerprint density at radius 1 is 0.944 bits per heavy atom. The van der Waals surface area contributed by atoms with Crippen LogP contribution in [0.1, 0.15) is 29.7 Å². The molecule has 0 aliphatic carbocycles. The third-order valence-corrected chi connectivity index (χ3v) is 2.58. The number of hydrogen-bond donors (Lipinski definition) is 1. The first-order valence-corrected chi connectivity index (χ1v) is 5.03. The zero-order valence-electron chi connectivity index (χ0n) is 9.58. The van der Waals surface area contributed by atoms with Gasteiger partial charge in [0.15, 0.2) is 0 Å². The maximum Gasteiger partial charge on any atom is 0.416 e. The van der Waals surface area contributed by atoms with Crippen molar-refractivity contribution in [3.63, 3.8) is 0 Å². The Bertz CT molecular complexity index is 388. The fraction of sp³-hybridized carbons (Fsp3) is 0.455. The number of rotatable bonds is 2.